The quantitative estimate of drug-likeness (QED) is 0.631. The van der Waals surface area contributed by atoms with Gasteiger partial charge in [0.1, 0.15) is 11.9 Å². The highest BCUT2D eigenvalue weighted by Crippen LogP contribution is 2.30. The summed E-state index contributed by atoms with van der Waals surface area (Å²) in [5.74, 6) is 1.06. The number of fused-ring (bicyclic) bond motifs is 1. The Balaban J connectivity index is 1.35. The van der Waals surface area contributed by atoms with Gasteiger partial charge < -0.3 is 10.1 Å². The second-order valence-corrected chi connectivity index (χ2v) is 8.32. The Morgan fingerprint density at radius 3 is 2.72 bits per heavy atom. The monoisotopic (exact) mass is 406 g/mol. The van der Waals surface area contributed by atoms with E-state index in [1.165, 1.54) is 16.0 Å². The van der Waals surface area contributed by atoms with E-state index in [4.69, 9.17) is 4.74 Å². The van der Waals surface area contributed by atoms with Crippen LogP contribution in [0.2, 0.25) is 0 Å². The first-order valence-corrected chi connectivity index (χ1v) is 11.0. The van der Waals surface area contributed by atoms with Gasteiger partial charge in [-0.05, 0) is 29.5 Å². The number of para-hydroxylation sites is 1. The van der Waals surface area contributed by atoms with Crippen LogP contribution in [0.5, 0.6) is 5.75 Å². The van der Waals surface area contributed by atoms with Gasteiger partial charge in [0, 0.05) is 43.0 Å². The molecule has 0 fully saturated rings. The lowest BCUT2D eigenvalue weighted by Crippen LogP contribution is -2.36. The Labute approximate surface area is 176 Å². The normalized spacial score (nSPS) is 16.5. The number of thiophene rings is 1. The smallest absolute Gasteiger partial charge is 0.220 e. The second kappa shape index (κ2) is 9.72. The molecule has 1 aliphatic rings. The SMILES string of the molecule is O=C(CCc1cccs1)NCCN1Cc2ccccc2O[C@@H](c2ccccc2)C1. The predicted octanol–water partition coefficient (Wildman–Crippen LogP) is 4.43. The Kier molecular flexibility index (Phi) is 6.60. The number of aryl methyl sites for hydroxylation is 1. The first-order chi connectivity index (χ1) is 14.3. The molecule has 0 aliphatic carbocycles. The van der Waals surface area contributed by atoms with Gasteiger partial charge in [0.2, 0.25) is 5.91 Å². The minimum absolute atomic E-state index is 0.0191. The van der Waals surface area contributed by atoms with E-state index in [-0.39, 0.29) is 12.0 Å². The second-order valence-electron chi connectivity index (χ2n) is 7.29. The van der Waals surface area contributed by atoms with Crippen LogP contribution in [0.1, 0.15) is 28.5 Å². The molecule has 4 rings (SSSR count). The molecular formula is C24H26N2O2S. The maximum Gasteiger partial charge on any atom is 0.220 e. The Hall–Kier alpha value is -2.63. The van der Waals surface area contributed by atoms with Crippen molar-refractivity contribution in [3.8, 4) is 5.75 Å². The molecular weight excluding hydrogens is 380 g/mol. The van der Waals surface area contributed by atoms with Gasteiger partial charge in [-0.2, -0.15) is 0 Å². The number of hydrogen-bond donors (Lipinski definition) is 1. The van der Waals surface area contributed by atoms with Crippen LogP contribution in [-0.4, -0.2) is 30.4 Å². The van der Waals surface area contributed by atoms with Crippen molar-refractivity contribution in [2.75, 3.05) is 19.6 Å². The molecule has 1 aromatic heterocycles. The van der Waals surface area contributed by atoms with Gasteiger partial charge in [0.25, 0.3) is 0 Å². The van der Waals surface area contributed by atoms with Crippen molar-refractivity contribution in [2.45, 2.75) is 25.5 Å². The molecule has 0 spiro atoms. The molecule has 1 N–H and O–H groups in total. The molecule has 150 valence electrons. The van der Waals surface area contributed by atoms with Crippen LogP contribution in [0.25, 0.3) is 0 Å². The van der Waals surface area contributed by atoms with Crippen LogP contribution in [0.4, 0.5) is 0 Å². The summed E-state index contributed by atoms with van der Waals surface area (Å²) in [6, 6.07) is 22.7. The summed E-state index contributed by atoms with van der Waals surface area (Å²) in [7, 11) is 0. The van der Waals surface area contributed by atoms with Crippen LogP contribution in [0, 0.1) is 0 Å². The van der Waals surface area contributed by atoms with Crippen LogP contribution in [0.15, 0.2) is 72.1 Å². The molecule has 0 bridgehead atoms. The average Bonchev–Trinajstić information content (AvgIpc) is 3.20. The van der Waals surface area contributed by atoms with Crippen molar-refractivity contribution in [3.05, 3.63) is 88.1 Å². The fourth-order valence-corrected chi connectivity index (χ4v) is 4.33. The number of nitrogens with zero attached hydrogens (tertiary/aromatic N) is 1. The maximum absolute atomic E-state index is 12.2. The summed E-state index contributed by atoms with van der Waals surface area (Å²) in [6.45, 7) is 3.06. The number of carbonyl (C=O) groups is 1. The predicted molar refractivity (Wildman–Crippen MR) is 117 cm³/mol. The van der Waals surface area contributed by atoms with E-state index in [0.29, 0.717) is 13.0 Å². The van der Waals surface area contributed by atoms with Gasteiger partial charge in [-0.1, -0.05) is 54.6 Å². The summed E-state index contributed by atoms with van der Waals surface area (Å²) in [6.07, 6.45) is 1.33. The lowest BCUT2D eigenvalue weighted by Gasteiger charge is -2.24. The van der Waals surface area contributed by atoms with Gasteiger partial charge in [-0.3, -0.25) is 9.69 Å². The van der Waals surface area contributed by atoms with E-state index in [1.54, 1.807) is 11.3 Å². The van der Waals surface area contributed by atoms with E-state index in [1.807, 2.05) is 36.4 Å². The molecule has 0 saturated carbocycles. The number of amides is 1. The zero-order valence-corrected chi connectivity index (χ0v) is 17.2. The first-order valence-electron chi connectivity index (χ1n) is 10.1. The minimum atomic E-state index is -0.0191. The van der Waals surface area contributed by atoms with Crippen molar-refractivity contribution >= 4 is 17.2 Å². The van der Waals surface area contributed by atoms with Crippen LogP contribution in [0.3, 0.4) is 0 Å². The summed E-state index contributed by atoms with van der Waals surface area (Å²) >= 11 is 1.70. The van der Waals surface area contributed by atoms with Crippen molar-refractivity contribution in [2.24, 2.45) is 0 Å². The molecule has 1 aliphatic heterocycles. The van der Waals surface area contributed by atoms with Gasteiger partial charge in [0.05, 0.1) is 0 Å². The molecule has 29 heavy (non-hydrogen) atoms. The Bertz CT molecular complexity index is 912. The molecule has 4 nitrogen and oxygen atoms in total. The van der Waals surface area contributed by atoms with Crippen LogP contribution >= 0.6 is 11.3 Å². The highest BCUT2D eigenvalue weighted by atomic mass is 32.1. The maximum atomic E-state index is 12.2. The number of rotatable bonds is 7. The summed E-state index contributed by atoms with van der Waals surface area (Å²) < 4.78 is 6.35. The lowest BCUT2D eigenvalue weighted by atomic mass is 10.1. The van der Waals surface area contributed by atoms with Gasteiger partial charge in [-0.15, -0.1) is 11.3 Å². The third-order valence-electron chi connectivity index (χ3n) is 5.16. The van der Waals surface area contributed by atoms with Crippen molar-refractivity contribution in [3.63, 3.8) is 0 Å². The van der Waals surface area contributed by atoms with Gasteiger partial charge in [-0.25, -0.2) is 0 Å². The molecule has 0 radical (unpaired) electrons. The summed E-state index contributed by atoms with van der Waals surface area (Å²) in [5, 5.41) is 5.13. The van der Waals surface area contributed by atoms with E-state index in [9.17, 15) is 4.79 Å². The number of nitrogens with one attached hydrogen (secondary N) is 1. The molecule has 2 aromatic carbocycles. The third-order valence-corrected chi connectivity index (χ3v) is 6.10. The molecule has 3 aromatic rings. The summed E-state index contributed by atoms with van der Waals surface area (Å²) in [5.41, 5.74) is 2.36. The van der Waals surface area contributed by atoms with Crippen molar-refractivity contribution in [1.29, 1.82) is 0 Å². The van der Waals surface area contributed by atoms with Crippen LogP contribution < -0.4 is 10.1 Å². The number of carbonyl (C=O) groups excluding carboxylic acids is 1. The molecule has 5 heteroatoms. The number of ether oxygens (including phenoxy) is 1. The zero-order valence-electron chi connectivity index (χ0n) is 16.4. The number of hydrogen-bond acceptors (Lipinski definition) is 4. The summed E-state index contributed by atoms with van der Waals surface area (Å²) in [4.78, 5) is 15.8. The van der Waals surface area contributed by atoms with E-state index in [2.05, 4.69) is 45.9 Å². The van der Waals surface area contributed by atoms with Crippen molar-refractivity contribution < 1.29 is 9.53 Å². The standard InChI is InChI=1S/C24H26N2O2S/c27-24(13-12-21-10-6-16-29-21)25-14-15-26-17-20-9-4-5-11-22(20)28-23(18-26)19-7-2-1-3-8-19/h1-11,16,23H,12-15,17-18H2,(H,25,27)/t23-/m1/s1. The van der Waals surface area contributed by atoms with Crippen LogP contribution in [-0.2, 0) is 17.8 Å². The highest BCUT2D eigenvalue weighted by Gasteiger charge is 2.23. The van der Waals surface area contributed by atoms with Gasteiger partial charge >= 0.3 is 0 Å². The molecule has 1 atom stereocenters. The Morgan fingerprint density at radius 2 is 1.90 bits per heavy atom. The van der Waals surface area contributed by atoms with E-state index < -0.39 is 0 Å². The van der Waals surface area contributed by atoms with E-state index >= 15 is 0 Å². The highest BCUT2D eigenvalue weighted by molar-refractivity contribution is 7.09. The first kappa shape index (κ1) is 19.7. The third kappa shape index (κ3) is 5.46. The minimum Gasteiger partial charge on any atom is -0.484 e. The average molecular weight is 407 g/mol. The zero-order chi connectivity index (χ0) is 19.9. The molecule has 2 heterocycles. The molecule has 0 saturated heterocycles. The molecule has 1 amide bonds. The van der Waals surface area contributed by atoms with Crippen molar-refractivity contribution in [1.82, 2.24) is 10.2 Å². The lowest BCUT2D eigenvalue weighted by molar-refractivity contribution is -0.121. The fourth-order valence-electron chi connectivity index (χ4n) is 3.62. The number of benzene rings is 2. The van der Waals surface area contributed by atoms with Gasteiger partial charge in [0.15, 0.2) is 0 Å². The molecule has 0 unspecified atom stereocenters. The van der Waals surface area contributed by atoms with E-state index in [0.717, 1.165) is 31.8 Å². The Morgan fingerprint density at radius 1 is 1.07 bits per heavy atom. The fraction of sp³-hybridized carbons (Fsp3) is 0.292. The topological polar surface area (TPSA) is 41.6 Å². The largest absolute Gasteiger partial charge is 0.484 e.